The van der Waals surface area contributed by atoms with E-state index in [1.54, 1.807) is 6.20 Å². The van der Waals surface area contributed by atoms with Crippen LogP contribution < -0.4 is 27.4 Å². The van der Waals surface area contributed by atoms with Gasteiger partial charge in [0, 0.05) is 23.5 Å². The van der Waals surface area contributed by atoms with Crippen molar-refractivity contribution in [3.05, 3.63) is 36.0 Å². The molecule has 35 heavy (non-hydrogen) atoms. The van der Waals surface area contributed by atoms with Crippen LogP contribution >= 0.6 is 0 Å². The highest BCUT2D eigenvalue weighted by Gasteiger charge is 2.27. The van der Waals surface area contributed by atoms with Gasteiger partial charge in [-0.2, -0.15) is 0 Å². The second kappa shape index (κ2) is 12.5. The fourth-order valence-corrected chi connectivity index (χ4v) is 3.56. The Balaban J connectivity index is 1.96. The molecule has 0 fully saturated rings. The number of aromatic nitrogens is 1. The van der Waals surface area contributed by atoms with Crippen LogP contribution in [0.2, 0.25) is 0 Å². The summed E-state index contributed by atoms with van der Waals surface area (Å²) in [5.41, 5.74) is 12.5. The number of rotatable bonds is 13. The molecule has 0 aliphatic heterocycles. The van der Waals surface area contributed by atoms with Crippen molar-refractivity contribution >= 4 is 40.5 Å². The van der Waals surface area contributed by atoms with Gasteiger partial charge in [-0.25, -0.2) is 4.79 Å². The molecule has 3 unspecified atom stereocenters. The minimum atomic E-state index is -1.33. The van der Waals surface area contributed by atoms with Crippen LogP contribution in [0.4, 0.5) is 0 Å². The van der Waals surface area contributed by atoms with Gasteiger partial charge < -0.3 is 37.5 Å². The van der Waals surface area contributed by atoms with Crippen LogP contribution in [-0.2, 0) is 30.4 Å². The summed E-state index contributed by atoms with van der Waals surface area (Å²) < 4.78 is 0. The van der Waals surface area contributed by atoms with Crippen molar-refractivity contribution in [2.45, 2.75) is 51.2 Å². The van der Waals surface area contributed by atoms with Crippen molar-refractivity contribution < 1.29 is 29.1 Å². The molecule has 0 saturated carbocycles. The van der Waals surface area contributed by atoms with Gasteiger partial charge in [0.05, 0.1) is 19.0 Å². The number of H-pyrrole nitrogens is 1. The Morgan fingerprint density at radius 1 is 1.03 bits per heavy atom. The number of carbonyl (C=O) groups is 5. The van der Waals surface area contributed by atoms with Crippen molar-refractivity contribution in [3.8, 4) is 0 Å². The summed E-state index contributed by atoms with van der Waals surface area (Å²) in [6, 6.07) is 3.89. The number of aliphatic carboxylic acids is 1. The number of nitrogens with one attached hydrogen (secondary N) is 4. The Kier molecular flexibility index (Phi) is 9.76. The van der Waals surface area contributed by atoms with Gasteiger partial charge in [0.25, 0.3) is 0 Å². The molecule has 3 atom stereocenters. The number of para-hydroxylation sites is 1. The van der Waals surface area contributed by atoms with E-state index >= 15 is 0 Å². The lowest BCUT2D eigenvalue weighted by molar-refractivity contribution is -0.141. The lowest BCUT2D eigenvalue weighted by Crippen LogP contribution is -2.54. The zero-order chi connectivity index (χ0) is 26.1. The molecule has 1 heterocycles. The summed E-state index contributed by atoms with van der Waals surface area (Å²) in [7, 11) is 0. The first-order valence-corrected chi connectivity index (χ1v) is 11.2. The molecule has 12 heteroatoms. The lowest BCUT2D eigenvalue weighted by atomic mass is 10.0. The lowest BCUT2D eigenvalue weighted by Gasteiger charge is -2.21. The maximum absolute atomic E-state index is 12.5. The first-order chi connectivity index (χ1) is 16.5. The highest BCUT2D eigenvalue weighted by atomic mass is 16.4. The summed E-state index contributed by atoms with van der Waals surface area (Å²) in [6.07, 6.45) is 1.57. The third-order valence-electron chi connectivity index (χ3n) is 5.26. The van der Waals surface area contributed by atoms with Crippen molar-refractivity contribution in [1.29, 1.82) is 0 Å². The first-order valence-electron chi connectivity index (χ1n) is 11.2. The fourth-order valence-electron chi connectivity index (χ4n) is 3.56. The van der Waals surface area contributed by atoms with Gasteiger partial charge >= 0.3 is 5.97 Å². The summed E-state index contributed by atoms with van der Waals surface area (Å²) in [5, 5.41) is 17.4. The number of amides is 4. The summed E-state index contributed by atoms with van der Waals surface area (Å²) in [4.78, 5) is 63.2. The highest BCUT2D eigenvalue weighted by Crippen LogP contribution is 2.19. The normalized spacial score (nSPS) is 13.6. The van der Waals surface area contributed by atoms with Gasteiger partial charge in [-0.15, -0.1) is 0 Å². The minimum absolute atomic E-state index is 0.0210. The van der Waals surface area contributed by atoms with Crippen LogP contribution in [0.15, 0.2) is 30.5 Å². The van der Waals surface area contributed by atoms with Crippen LogP contribution in [-0.4, -0.2) is 64.4 Å². The molecule has 2 rings (SSSR count). The Labute approximate surface area is 202 Å². The molecular weight excluding hydrogens is 456 g/mol. The molecule has 9 N–H and O–H groups in total. The van der Waals surface area contributed by atoms with Crippen molar-refractivity contribution in [3.63, 3.8) is 0 Å². The number of hydrogen-bond acceptors (Lipinski definition) is 6. The third kappa shape index (κ3) is 8.41. The number of primary amides is 1. The van der Waals surface area contributed by atoms with Crippen LogP contribution in [0.25, 0.3) is 10.9 Å². The molecule has 1 aromatic heterocycles. The molecule has 0 radical (unpaired) electrons. The van der Waals surface area contributed by atoms with Gasteiger partial charge in [-0.1, -0.05) is 32.0 Å². The van der Waals surface area contributed by atoms with E-state index in [1.807, 2.05) is 38.1 Å². The number of carboxylic acid groups (broad SMARTS) is 1. The number of carboxylic acids is 1. The number of hydrogen-bond donors (Lipinski definition) is 7. The molecule has 190 valence electrons. The molecule has 0 spiro atoms. The zero-order valence-electron chi connectivity index (χ0n) is 19.7. The second-order valence-corrected chi connectivity index (χ2v) is 8.71. The maximum atomic E-state index is 12.5. The summed E-state index contributed by atoms with van der Waals surface area (Å²) >= 11 is 0. The molecule has 4 amide bonds. The zero-order valence-corrected chi connectivity index (χ0v) is 19.7. The average Bonchev–Trinajstić information content (AvgIpc) is 3.18. The Morgan fingerprint density at radius 2 is 1.71 bits per heavy atom. The minimum Gasteiger partial charge on any atom is -0.480 e. The predicted molar refractivity (Wildman–Crippen MR) is 128 cm³/mol. The SMILES string of the molecule is CC(C)CC(N)C(=O)NC(CC(N)=O)C(=O)NCC(=O)NC(Cc1c[nH]c2ccccc12)C(=O)O. The molecular formula is C23H32N6O6. The van der Waals surface area contributed by atoms with E-state index in [2.05, 4.69) is 20.9 Å². The van der Waals surface area contributed by atoms with Crippen molar-refractivity contribution in [2.24, 2.45) is 17.4 Å². The van der Waals surface area contributed by atoms with E-state index < -0.39 is 60.7 Å². The largest absolute Gasteiger partial charge is 0.480 e. The predicted octanol–water partition coefficient (Wildman–Crippen LogP) is -0.870. The Morgan fingerprint density at radius 3 is 2.34 bits per heavy atom. The van der Waals surface area contributed by atoms with Gasteiger partial charge in [0.2, 0.25) is 23.6 Å². The Bertz CT molecular complexity index is 1080. The van der Waals surface area contributed by atoms with E-state index in [0.717, 1.165) is 10.9 Å². The average molecular weight is 489 g/mol. The van der Waals surface area contributed by atoms with Gasteiger partial charge in [0.1, 0.15) is 12.1 Å². The van der Waals surface area contributed by atoms with Crippen LogP contribution in [0.3, 0.4) is 0 Å². The third-order valence-corrected chi connectivity index (χ3v) is 5.26. The highest BCUT2D eigenvalue weighted by molar-refractivity contribution is 5.95. The molecule has 0 aliphatic carbocycles. The van der Waals surface area contributed by atoms with E-state index in [-0.39, 0.29) is 12.3 Å². The molecule has 0 saturated heterocycles. The van der Waals surface area contributed by atoms with Crippen LogP contribution in [0.1, 0.15) is 32.3 Å². The second-order valence-electron chi connectivity index (χ2n) is 8.71. The van der Waals surface area contributed by atoms with Gasteiger partial charge in [0.15, 0.2) is 0 Å². The van der Waals surface area contributed by atoms with E-state index in [9.17, 15) is 29.1 Å². The van der Waals surface area contributed by atoms with Gasteiger partial charge in [-0.05, 0) is 24.0 Å². The standard InChI is InChI=1S/C23H32N6O6/c1-12(2)7-15(24)21(32)29-17(9-19(25)30)22(33)27-11-20(31)28-18(23(34)35)8-13-10-26-16-6-4-3-5-14(13)16/h3-6,10,12,15,17-18,26H,7-9,11,24H2,1-2H3,(H2,25,30)(H,27,33)(H,28,31)(H,29,32)(H,34,35). The van der Waals surface area contributed by atoms with E-state index in [0.29, 0.717) is 12.0 Å². The molecule has 2 aromatic rings. The number of aromatic amines is 1. The number of fused-ring (bicyclic) bond motifs is 1. The topological polar surface area (TPSA) is 209 Å². The number of benzene rings is 1. The van der Waals surface area contributed by atoms with Crippen molar-refractivity contribution in [2.75, 3.05) is 6.54 Å². The maximum Gasteiger partial charge on any atom is 0.326 e. The monoisotopic (exact) mass is 488 g/mol. The van der Waals surface area contributed by atoms with Crippen LogP contribution in [0.5, 0.6) is 0 Å². The van der Waals surface area contributed by atoms with E-state index in [4.69, 9.17) is 11.5 Å². The Hall–Kier alpha value is -3.93. The molecule has 0 bridgehead atoms. The molecule has 0 aliphatic rings. The quantitative estimate of drug-likeness (QED) is 0.189. The van der Waals surface area contributed by atoms with Crippen molar-refractivity contribution in [1.82, 2.24) is 20.9 Å². The van der Waals surface area contributed by atoms with Crippen LogP contribution in [0, 0.1) is 5.92 Å². The number of nitrogens with two attached hydrogens (primary N) is 2. The van der Waals surface area contributed by atoms with Gasteiger partial charge in [-0.3, -0.25) is 19.2 Å². The smallest absolute Gasteiger partial charge is 0.326 e. The number of carbonyl (C=O) groups excluding carboxylic acids is 4. The summed E-state index contributed by atoms with van der Waals surface area (Å²) in [6.45, 7) is 3.18. The summed E-state index contributed by atoms with van der Waals surface area (Å²) in [5.74, 6) is -4.16. The molecule has 1 aromatic carbocycles. The fraction of sp³-hybridized carbons (Fsp3) is 0.435. The first kappa shape index (κ1) is 27.3. The molecule has 12 nitrogen and oxygen atoms in total. The van der Waals surface area contributed by atoms with E-state index in [1.165, 1.54) is 0 Å².